The van der Waals surface area contributed by atoms with E-state index >= 15 is 0 Å². The monoisotopic (exact) mass is 218 g/mol. The van der Waals surface area contributed by atoms with E-state index in [1.54, 1.807) is 0 Å². The molecule has 0 N–H and O–H groups in total. The Hall–Kier alpha value is -0.0500. The van der Waals surface area contributed by atoms with Gasteiger partial charge >= 0.3 is 0 Å². The second kappa shape index (κ2) is 5.15. The van der Waals surface area contributed by atoms with Gasteiger partial charge in [-0.25, -0.2) is 8.42 Å². The van der Waals surface area contributed by atoms with E-state index in [0.29, 0.717) is 11.7 Å². The summed E-state index contributed by atoms with van der Waals surface area (Å²) in [7, 11) is -2.78. The van der Waals surface area contributed by atoms with Gasteiger partial charge in [0.15, 0.2) is 9.84 Å². The zero-order valence-electron chi connectivity index (χ0n) is 9.33. The van der Waals surface area contributed by atoms with Crippen molar-refractivity contribution in [3.8, 4) is 0 Å². The van der Waals surface area contributed by atoms with Crippen LogP contribution in [0.5, 0.6) is 0 Å². The Morgan fingerprint density at radius 2 is 1.71 bits per heavy atom. The number of hydrogen-bond acceptors (Lipinski definition) is 2. The maximum atomic E-state index is 11.9. The lowest BCUT2D eigenvalue weighted by Gasteiger charge is -2.22. The minimum Gasteiger partial charge on any atom is -0.229 e. The highest BCUT2D eigenvalue weighted by molar-refractivity contribution is 7.92. The van der Waals surface area contributed by atoms with Gasteiger partial charge < -0.3 is 0 Å². The third-order valence-corrected chi connectivity index (χ3v) is 5.33. The smallest absolute Gasteiger partial charge is 0.153 e. The molecule has 0 saturated heterocycles. The molecule has 0 atom stereocenters. The van der Waals surface area contributed by atoms with E-state index in [9.17, 15) is 8.42 Å². The second-order valence-electron chi connectivity index (χ2n) is 4.81. The van der Waals surface area contributed by atoms with Crippen molar-refractivity contribution in [2.24, 2.45) is 5.92 Å². The van der Waals surface area contributed by atoms with Crippen molar-refractivity contribution < 1.29 is 8.42 Å². The Kier molecular flexibility index (Phi) is 4.42. The number of sulfone groups is 1. The van der Waals surface area contributed by atoms with Gasteiger partial charge in [-0.1, -0.05) is 33.1 Å². The molecule has 1 saturated carbocycles. The predicted molar refractivity (Wildman–Crippen MR) is 60.1 cm³/mol. The second-order valence-corrected chi connectivity index (χ2v) is 7.21. The predicted octanol–water partition coefficient (Wildman–Crippen LogP) is 2.78. The average Bonchev–Trinajstić information content (AvgIpc) is 2.16. The van der Waals surface area contributed by atoms with Gasteiger partial charge in [0, 0.05) is 0 Å². The summed E-state index contributed by atoms with van der Waals surface area (Å²) in [6.07, 6.45) is 6.05. The van der Waals surface area contributed by atoms with Crippen LogP contribution in [0.3, 0.4) is 0 Å². The maximum Gasteiger partial charge on any atom is 0.153 e. The molecule has 84 valence electrons. The molecular weight excluding hydrogens is 196 g/mol. The average molecular weight is 218 g/mol. The van der Waals surface area contributed by atoms with Crippen LogP contribution < -0.4 is 0 Å². The van der Waals surface area contributed by atoms with Crippen molar-refractivity contribution in [3.63, 3.8) is 0 Å². The van der Waals surface area contributed by atoms with Gasteiger partial charge in [0.25, 0.3) is 0 Å². The SMILES string of the molecule is CC(C)CCS(=O)(=O)C1CCCCC1. The first-order valence-corrected chi connectivity index (χ1v) is 7.45. The molecule has 0 spiro atoms. The summed E-state index contributed by atoms with van der Waals surface area (Å²) >= 11 is 0. The van der Waals surface area contributed by atoms with Crippen LogP contribution in [-0.4, -0.2) is 19.4 Å². The normalized spacial score (nSPS) is 20.2. The van der Waals surface area contributed by atoms with Gasteiger partial charge in [0.1, 0.15) is 0 Å². The van der Waals surface area contributed by atoms with E-state index < -0.39 is 9.84 Å². The summed E-state index contributed by atoms with van der Waals surface area (Å²) in [5.41, 5.74) is 0. The molecule has 1 aliphatic carbocycles. The van der Waals surface area contributed by atoms with Crippen LogP contribution in [-0.2, 0) is 9.84 Å². The van der Waals surface area contributed by atoms with Gasteiger partial charge in [-0.2, -0.15) is 0 Å². The summed E-state index contributed by atoms with van der Waals surface area (Å²) in [4.78, 5) is 0. The first-order chi connectivity index (χ1) is 6.52. The molecule has 0 bridgehead atoms. The molecule has 0 heterocycles. The molecule has 1 fully saturated rings. The molecule has 0 radical (unpaired) electrons. The third kappa shape index (κ3) is 3.60. The molecule has 3 heteroatoms. The Labute approximate surface area is 88.0 Å². The molecule has 0 aromatic carbocycles. The van der Waals surface area contributed by atoms with Crippen LogP contribution in [0.15, 0.2) is 0 Å². The van der Waals surface area contributed by atoms with Crippen LogP contribution >= 0.6 is 0 Å². The van der Waals surface area contributed by atoms with E-state index in [4.69, 9.17) is 0 Å². The first kappa shape index (κ1) is 12.0. The lowest BCUT2D eigenvalue weighted by atomic mass is 10.0. The molecule has 2 nitrogen and oxygen atoms in total. The summed E-state index contributed by atoms with van der Waals surface area (Å²) in [6, 6.07) is 0. The molecule has 0 amide bonds. The first-order valence-electron chi connectivity index (χ1n) is 5.74. The highest BCUT2D eigenvalue weighted by Crippen LogP contribution is 2.25. The van der Waals surface area contributed by atoms with E-state index in [-0.39, 0.29) is 5.25 Å². The molecule has 14 heavy (non-hydrogen) atoms. The molecule has 0 unspecified atom stereocenters. The van der Waals surface area contributed by atoms with Crippen LogP contribution in [0.4, 0.5) is 0 Å². The van der Waals surface area contributed by atoms with Gasteiger partial charge in [-0.3, -0.25) is 0 Å². The summed E-state index contributed by atoms with van der Waals surface area (Å²) < 4.78 is 23.8. The highest BCUT2D eigenvalue weighted by Gasteiger charge is 2.26. The minimum absolute atomic E-state index is 0.0185. The Balaban J connectivity index is 2.46. The van der Waals surface area contributed by atoms with E-state index in [2.05, 4.69) is 13.8 Å². The van der Waals surface area contributed by atoms with Crippen LogP contribution in [0.1, 0.15) is 52.4 Å². The van der Waals surface area contributed by atoms with E-state index in [1.807, 2.05) is 0 Å². The third-order valence-electron chi connectivity index (χ3n) is 3.04. The van der Waals surface area contributed by atoms with Crippen molar-refractivity contribution >= 4 is 9.84 Å². The Bertz CT molecular complexity index is 248. The Morgan fingerprint density at radius 1 is 1.14 bits per heavy atom. The fourth-order valence-electron chi connectivity index (χ4n) is 1.99. The van der Waals surface area contributed by atoms with Crippen molar-refractivity contribution in [1.29, 1.82) is 0 Å². The van der Waals surface area contributed by atoms with E-state index in [1.165, 1.54) is 6.42 Å². The fraction of sp³-hybridized carbons (Fsp3) is 1.00. The van der Waals surface area contributed by atoms with Crippen molar-refractivity contribution in [1.82, 2.24) is 0 Å². The molecule has 0 aromatic rings. The standard InChI is InChI=1S/C11H22O2S/c1-10(2)8-9-14(12,13)11-6-4-3-5-7-11/h10-11H,3-9H2,1-2H3. The topological polar surface area (TPSA) is 34.1 Å². The summed E-state index contributed by atoms with van der Waals surface area (Å²) in [6.45, 7) is 4.16. The van der Waals surface area contributed by atoms with Crippen molar-refractivity contribution in [2.75, 3.05) is 5.75 Å². The van der Waals surface area contributed by atoms with E-state index in [0.717, 1.165) is 32.1 Å². The zero-order valence-corrected chi connectivity index (χ0v) is 10.1. The lowest BCUT2D eigenvalue weighted by Crippen LogP contribution is -2.26. The largest absolute Gasteiger partial charge is 0.229 e. The summed E-state index contributed by atoms with van der Waals surface area (Å²) in [5.74, 6) is 0.892. The molecule has 1 rings (SSSR count). The minimum atomic E-state index is -2.78. The highest BCUT2D eigenvalue weighted by atomic mass is 32.2. The quantitative estimate of drug-likeness (QED) is 0.727. The number of hydrogen-bond donors (Lipinski definition) is 0. The number of rotatable bonds is 4. The van der Waals surface area contributed by atoms with Crippen LogP contribution in [0.25, 0.3) is 0 Å². The van der Waals surface area contributed by atoms with Gasteiger partial charge in [-0.15, -0.1) is 0 Å². The molecule has 0 aromatic heterocycles. The molecular formula is C11H22O2S. The molecule has 1 aliphatic rings. The van der Waals surface area contributed by atoms with Crippen molar-refractivity contribution in [3.05, 3.63) is 0 Å². The van der Waals surface area contributed by atoms with Gasteiger partial charge in [-0.05, 0) is 25.2 Å². The molecule has 0 aliphatic heterocycles. The van der Waals surface area contributed by atoms with Gasteiger partial charge in [0.05, 0.1) is 11.0 Å². The fourth-order valence-corrected chi connectivity index (χ4v) is 4.18. The maximum absolute atomic E-state index is 11.9. The van der Waals surface area contributed by atoms with Crippen molar-refractivity contribution in [2.45, 2.75) is 57.6 Å². The van der Waals surface area contributed by atoms with Crippen LogP contribution in [0, 0.1) is 5.92 Å². The van der Waals surface area contributed by atoms with Crippen LogP contribution in [0.2, 0.25) is 0 Å². The van der Waals surface area contributed by atoms with Gasteiger partial charge in [0.2, 0.25) is 0 Å². The summed E-state index contributed by atoms with van der Waals surface area (Å²) in [5, 5.41) is -0.0185. The zero-order chi connectivity index (χ0) is 10.6. The lowest BCUT2D eigenvalue weighted by molar-refractivity contribution is 0.480. The Morgan fingerprint density at radius 3 is 2.21 bits per heavy atom.